The first-order valence-electron chi connectivity index (χ1n) is 7.63. The molecule has 0 aromatic rings. The fraction of sp³-hybridized carbons (Fsp3) is 0.824. The summed E-state index contributed by atoms with van der Waals surface area (Å²) in [5, 5.41) is 0. The highest BCUT2D eigenvalue weighted by Crippen LogP contribution is 2.69. The Morgan fingerprint density at radius 3 is 2.32 bits per heavy atom. The van der Waals surface area contributed by atoms with Crippen molar-refractivity contribution in [3.05, 3.63) is 11.1 Å². The second-order valence-electron chi connectivity index (χ2n) is 6.57. The molecule has 0 aliphatic heterocycles. The maximum Gasteiger partial charge on any atom is 0.312 e. The van der Waals surface area contributed by atoms with Gasteiger partial charge in [-0.1, -0.05) is 30.9 Å². The number of hydrogen-bond donors (Lipinski definition) is 0. The topological polar surface area (TPSA) is 26.3 Å². The van der Waals surface area contributed by atoms with Crippen molar-refractivity contribution in [1.29, 1.82) is 0 Å². The summed E-state index contributed by atoms with van der Waals surface area (Å²) in [5.74, 6) is 0.00709. The van der Waals surface area contributed by atoms with Crippen LogP contribution >= 0.6 is 0 Å². The third-order valence-corrected chi connectivity index (χ3v) is 4.93. The number of unbranched alkanes of at least 4 members (excludes halogenated alkanes) is 1. The van der Waals surface area contributed by atoms with Crippen LogP contribution in [-0.2, 0) is 9.53 Å². The minimum Gasteiger partial charge on any atom is -0.466 e. The summed E-state index contributed by atoms with van der Waals surface area (Å²) in [6.45, 7) is 13.2. The van der Waals surface area contributed by atoms with E-state index in [0.29, 0.717) is 6.61 Å². The molecule has 1 rings (SSSR count). The monoisotopic (exact) mass is 266 g/mol. The molecule has 2 atom stereocenters. The average Bonchev–Trinajstić information content (AvgIpc) is 2.94. The highest BCUT2D eigenvalue weighted by molar-refractivity contribution is 5.81. The van der Waals surface area contributed by atoms with Crippen molar-refractivity contribution in [3.8, 4) is 0 Å². The van der Waals surface area contributed by atoms with Crippen LogP contribution in [0.1, 0.15) is 73.6 Å². The summed E-state index contributed by atoms with van der Waals surface area (Å²) in [7, 11) is 0. The molecule has 0 spiro atoms. The highest BCUT2D eigenvalue weighted by Gasteiger charge is 2.68. The maximum absolute atomic E-state index is 12.2. The predicted octanol–water partition coefficient (Wildman–Crippen LogP) is 4.88. The van der Waals surface area contributed by atoms with E-state index >= 15 is 0 Å². The van der Waals surface area contributed by atoms with E-state index < -0.39 is 0 Å². The zero-order chi connectivity index (χ0) is 14.7. The van der Waals surface area contributed by atoms with Gasteiger partial charge in [0.05, 0.1) is 12.0 Å². The molecule has 1 aliphatic rings. The van der Waals surface area contributed by atoms with E-state index in [1.165, 1.54) is 24.0 Å². The third kappa shape index (κ3) is 3.21. The van der Waals surface area contributed by atoms with E-state index in [0.717, 1.165) is 19.3 Å². The van der Waals surface area contributed by atoms with Gasteiger partial charge in [0.1, 0.15) is 0 Å². The molecule has 0 N–H and O–H groups in total. The van der Waals surface area contributed by atoms with Gasteiger partial charge >= 0.3 is 5.97 Å². The van der Waals surface area contributed by atoms with Crippen LogP contribution in [-0.4, -0.2) is 12.6 Å². The molecule has 2 unspecified atom stereocenters. The Morgan fingerprint density at radius 2 is 1.84 bits per heavy atom. The Morgan fingerprint density at radius 1 is 1.21 bits per heavy atom. The molecule has 1 fully saturated rings. The lowest BCUT2D eigenvalue weighted by Gasteiger charge is -2.23. The summed E-state index contributed by atoms with van der Waals surface area (Å²) < 4.78 is 5.29. The van der Waals surface area contributed by atoms with Gasteiger partial charge in [0.15, 0.2) is 0 Å². The first-order chi connectivity index (χ1) is 8.83. The third-order valence-electron chi connectivity index (χ3n) is 4.93. The molecule has 2 nitrogen and oxygen atoms in total. The number of carbonyl (C=O) groups excluding carboxylic acids is 1. The van der Waals surface area contributed by atoms with E-state index in [4.69, 9.17) is 4.74 Å². The minimum atomic E-state index is -0.255. The second-order valence-corrected chi connectivity index (χ2v) is 6.57. The molecule has 0 aromatic heterocycles. The van der Waals surface area contributed by atoms with Crippen LogP contribution in [0.5, 0.6) is 0 Å². The summed E-state index contributed by atoms with van der Waals surface area (Å²) in [4.78, 5) is 12.2. The quantitative estimate of drug-likeness (QED) is 0.485. The van der Waals surface area contributed by atoms with Crippen molar-refractivity contribution in [2.75, 3.05) is 6.61 Å². The predicted molar refractivity (Wildman–Crippen MR) is 80.0 cm³/mol. The Labute approximate surface area is 118 Å². The van der Waals surface area contributed by atoms with Gasteiger partial charge in [-0.3, -0.25) is 4.79 Å². The molecule has 110 valence electrons. The molecule has 0 radical (unpaired) electrons. The fourth-order valence-electron chi connectivity index (χ4n) is 3.12. The van der Waals surface area contributed by atoms with Crippen molar-refractivity contribution < 1.29 is 9.53 Å². The van der Waals surface area contributed by atoms with Crippen molar-refractivity contribution >= 4 is 5.97 Å². The molecular weight excluding hydrogens is 236 g/mol. The van der Waals surface area contributed by atoms with Crippen LogP contribution in [0.25, 0.3) is 0 Å². The van der Waals surface area contributed by atoms with E-state index in [9.17, 15) is 4.79 Å². The van der Waals surface area contributed by atoms with E-state index in [1.807, 2.05) is 6.92 Å². The molecule has 19 heavy (non-hydrogen) atoms. The Hall–Kier alpha value is -0.790. The van der Waals surface area contributed by atoms with Crippen molar-refractivity contribution in [2.45, 2.75) is 73.6 Å². The summed E-state index contributed by atoms with van der Waals surface area (Å²) in [6, 6.07) is 0. The fourth-order valence-corrected chi connectivity index (χ4v) is 3.12. The van der Waals surface area contributed by atoms with Gasteiger partial charge in [-0.15, -0.1) is 0 Å². The average molecular weight is 266 g/mol. The van der Waals surface area contributed by atoms with Crippen molar-refractivity contribution in [2.24, 2.45) is 10.8 Å². The molecule has 0 heterocycles. The minimum absolute atomic E-state index is 0.00709. The number of esters is 1. The lowest BCUT2D eigenvalue weighted by Crippen LogP contribution is -2.24. The number of ether oxygens (including phenoxy) is 1. The Kier molecular flexibility index (Phi) is 5.23. The molecule has 0 saturated heterocycles. The zero-order valence-electron chi connectivity index (χ0n) is 13.6. The smallest absolute Gasteiger partial charge is 0.312 e. The SMILES string of the molecule is CCCCC1(CC(C)=C(C)C)CC1(C)C(=O)OCC. The zero-order valence-corrected chi connectivity index (χ0v) is 13.6. The lowest BCUT2D eigenvalue weighted by atomic mass is 9.83. The van der Waals surface area contributed by atoms with Crippen molar-refractivity contribution in [1.82, 2.24) is 0 Å². The summed E-state index contributed by atoms with van der Waals surface area (Å²) in [5.41, 5.74) is 2.71. The van der Waals surface area contributed by atoms with Crippen LogP contribution < -0.4 is 0 Å². The van der Waals surface area contributed by atoms with E-state index in [1.54, 1.807) is 0 Å². The maximum atomic E-state index is 12.2. The van der Waals surface area contributed by atoms with Crippen molar-refractivity contribution in [3.63, 3.8) is 0 Å². The molecular formula is C17H30O2. The first-order valence-corrected chi connectivity index (χ1v) is 7.63. The lowest BCUT2D eigenvalue weighted by molar-refractivity contribution is -0.150. The number of carbonyl (C=O) groups is 1. The standard InChI is InChI=1S/C17H30O2/c1-7-9-10-17(11-14(5)13(3)4)12-16(17,6)15(18)19-8-2/h7-12H2,1-6H3. The van der Waals surface area contributed by atoms with Crippen LogP contribution in [0, 0.1) is 10.8 Å². The normalized spacial score (nSPS) is 28.9. The summed E-state index contributed by atoms with van der Waals surface area (Å²) >= 11 is 0. The Balaban J connectivity index is 2.87. The first kappa shape index (κ1) is 16.3. The second kappa shape index (κ2) is 6.11. The van der Waals surface area contributed by atoms with Gasteiger partial charge < -0.3 is 4.74 Å². The molecule has 0 aromatic carbocycles. The number of rotatable bonds is 7. The van der Waals surface area contributed by atoms with Crippen LogP contribution in [0.15, 0.2) is 11.1 Å². The largest absolute Gasteiger partial charge is 0.466 e. The molecule has 0 bridgehead atoms. The highest BCUT2D eigenvalue weighted by atomic mass is 16.5. The van der Waals surface area contributed by atoms with Gasteiger partial charge in [-0.25, -0.2) is 0 Å². The van der Waals surface area contributed by atoms with Crippen LogP contribution in [0.2, 0.25) is 0 Å². The van der Waals surface area contributed by atoms with Gasteiger partial charge in [0, 0.05) is 0 Å². The van der Waals surface area contributed by atoms with Gasteiger partial charge in [-0.2, -0.15) is 0 Å². The van der Waals surface area contributed by atoms with Gasteiger partial charge in [0.2, 0.25) is 0 Å². The van der Waals surface area contributed by atoms with Gasteiger partial charge in [0.25, 0.3) is 0 Å². The van der Waals surface area contributed by atoms with E-state index in [2.05, 4.69) is 34.6 Å². The molecule has 0 amide bonds. The van der Waals surface area contributed by atoms with Crippen LogP contribution in [0.4, 0.5) is 0 Å². The van der Waals surface area contributed by atoms with Crippen LogP contribution in [0.3, 0.4) is 0 Å². The number of allylic oxidation sites excluding steroid dienone is 2. The molecule has 2 heteroatoms. The Bertz CT molecular complexity index is 365. The number of hydrogen-bond acceptors (Lipinski definition) is 2. The molecule has 1 aliphatic carbocycles. The molecule has 1 saturated carbocycles. The summed E-state index contributed by atoms with van der Waals surface area (Å²) in [6.07, 6.45) is 5.57. The van der Waals surface area contributed by atoms with Gasteiger partial charge in [-0.05, 0) is 59.3 Å². The van der Waals surface area contributed by atoms with E-state index in [-0.39, 0.29) is 16.8 Å².